The number of aryl methyl sites for hydroxylation is 1. The third-order valence-corrected chi connectivity index (χ3v) is 4.15. The summed E-state index contributed by atoms with van der Waals surface area (Å²) < 4.78 is 6.75. The minimum Gasteiger partial charge on any atom is -0.481 e. The average molecular weight is 351 g/mol. The van der Waals surface area contributed by atoms with Crippen LogP contribution in [-0.2, 0) is 0 Å². The molecule has 3 aromatic rings. The van der Waals surface area contributed by atoms with Crippen molar-refractivity contribution in [1.82, 2.24) is 25.1 Å². The van der Waals surface area contributed by atoms with E-state index in [4.69, 9.17) is 4.74 Å². The van der Waals surface area contributed by atoms with Gasteiger partial charge < -0.3 is 10.1 Å². The highest BCUT2D eigenvalue weighted by atomic mass is 16.5. The summed E-state index contributed by atoms with van der Waals surface area (Å²) in [5.74, 6) is 1.26. The maximum Gasteiger partial charge on any atom is 0.289 e. The van der Waals surface area contributed by atoms with E-state index in [0.717, 1.165) is 0 Å². The molecule has 0 saturated heterocycles. The normalized spacial score (nSPS) is 11.8. The van der Waals surface area contributed by atoms with E-state index in [9.17, 15) is 4.79 Å². The zero-order chi connectivity index (χ0) is 18.5. The zero-order valence-corrected chi connectivity index (χ0v) is 15.0. The molecule has 0 aliphatic carbocycles. The number of rotatable bonds is 6. The fourth-order valence-electron chi connectivity index (χ4n) is 2.67. The fraction of sp³-hybridized carbons (Fsp3) is 0.263. The lowest BCUT2D eigenvalue weighted by molar-refractivity contribution is 0.0939. The second kappa shape index (κ2) is 7.77. The third-order valence-electron chi connectivity index (χ3n) is 4.15. The van der Waals surface area contributed by atoms with Crippen molar-refractivity contribution in [2.75, 3.05) is 13.7 Å². The quantitative estimate of drug-likeness (QED) is 0.738. The molecule has 26 heavy (non-hydrogen) atoms. The molecule has 0 bridgehead atoms. The van der Waals surface area contributed by atoms with Gasteiger partial charge in [0.15, 0.2) is 0 Å². The number of hydrogen-bond acceptors (Lipinski definition) is 5. The highest BCUT2D eigenvalue weighted by Crippen LogP contribution is 2.16. The number of aromatic nitrogens is 4. The Hall–Kier alpha value is -3.22. The SMILES string of the molecule is COc1ccc(-n2c(C)nnc2C(=O)NC[C@H](C)c2ccccc2)cn1. The van der Waals surface area contributed by atoms with Gasteiger partial charge in [0, 0.05) is 12.6 Å². The van der Waals surface area contributed by atoms with Gasteiger partial charge >= 0.3 is 0 Å². The molecule has 1 atom stereocenters. The largest absolute Gasteiger partial charge is 0.481 e. The lowest BCUT2D eigenvalue weighted by Gasteiger charge is -2.13. The summed E-state index contributed by atoms with van der Waals surface area (Å²) in [6.07, 6.45) is 1.62. The van der Waals surface area contributed by atoms with Crippen LogP contribution < -0.4 is 10.1 Å². The number of hydrogen-bond donors (Lipinski definition) is 1. The molecule has 0 fully saturated rings. The van der Waals surface area contributed by atoms with Crippen molar-refractivity contribution in [2.24, 2.45) is 0 Å². The molecule has 7 heteroatoms. The molecule has 1 aromatic carbocycles. The average Bonchev–Trinajstić information content (AvgIpc) is 3.08. The van der Waals surface area contributed by atoms with E-state index in [1.54, 1.807) is 30.9 Å². The van der Waals surface area contributed by atoms with Gasteiger partial charge in [-0.05, 0) is 24.5 Å². The molecule has 1 N–H and O–H groups in total. The second-order valence-electron chi connectivity index (χ2n) is 5.99. The molecule has 0 unspecified atom stereocenters. The third kappa shape index (κ3) is 3.72. The topological polar surface area (TPSA) is 81.9 Å². The molecular formula is C19H21N5O2. The highest BCUT2D eigenvalue weighted by Gasteiger charge is 2.19. The Labute approximate surface area is 152 Å². The number of nitrogens with zero attached hydrogens (tertiary/aromatic N) is 4. The number of pyridine rings is 1. The number of nitrogens with one attached hydrogen (secondary N) is 1. The van der Waals surface area contributed by atoms with Gasteiger partial charge in [-0.25, -0.2) is 4.98 Å². The van der Waals surface area contributed by atoms with Crippen LogP contribution in [0.25, 0.3) is 5.69 Å². The standard InChI is InChI=1S/C19H21N5O2/c1-13(15-7-5-4-6-8-15)11-21-19(25)18-23-22-14(2)24(18)16-9-10-17(26-3)20-12-16/h4-10,12-13H,11H2,1-3H3,(H,21,25)/t13-/m0/s1. The van der Waals surface area contributed by atoms with Gasteiger partial charge in [-0.3, -0.25) is 9.36 Å². The molecule has 134 valence electrons. The maximum absolute atomic E-state index is 12.6. The molecule has 2 aromatic heterocycles. The summed E-state index contributed by atoms with van der Waals surface area (Å²) in [7, 11) is 1.55. The van der Waals surface area contributed by atoms with Crippen LogP contribution in [0, 0.1) is 6.92 Å². The smallest absolute Gasteiger partial charge is 0.289 e. The predicted octanol–water partition coefficient (Wildman–Crippen LogP) is 2.51. The molecular weight excluding hydrogens is 330 g/mol. The monoisotopic (exact) mass is 351 g/mol. The van der Waals surface area contributed by atoms with Gasteiger partial charge in [-0.2, -0.15) is 0 Å². The van der Waals surface area contributed by atoms with Crippen molar-refractivity contribution in [1.29, 1.82) is 0 Å². The van der Waals surface area contributed by atoms with E-state index in [1.807, 2.05) is 36.4 Å². The Morgan fingerprint density at radius 3 is 2.62 bits per heavy atom. The Morgan fingerprint density at radius 1 is 1.19 bits per heavy atom. The molecule has 0 aliphatic heterocycles. The van der Waals surface area contributed by atoms with Gasteiger partial charge in [0.2, 0.25) is 11.7 Å². The predicted molar refractivity (Wildman–Crippen MR) is 97.6 cm³/mol. The first kappa shape index (κ1) is 17.6. The lowest BCUT2D eigenvalue weighted by Crippen LogP contribution is -2.30. The van der Waals surface area contributed by atoms with Crippen molar-refractivity contribution in [3.8, 4) is 11.6 Å². The summed E-state index contributed by atoms with van der Waals surface area (Å²) in [5, 5.41) is 11.0. The second-order valence-corrected chi connectivity index (χ2v) is 5.99. The highest BCUT2D eigenvalue weighted by molar-refractivity contribution is 5.91. The molecule has 0 spiro atoms. The Bertz CT molecular complexity index is 875. The molecule has 3 rings (SSSR count). The van der Waals surface area contributed by atoms with Gasteiger partial charge in [-0.15, -0.1) is 10.2 Å². The van der Waals surface area contributed by atoms with Crippen molar-refractivity contribution in [3.05, 3.63) is 65.9 Å². The van der Waals surface area contributed by atoms with Crippen LogP contribution in [0.1, 0.15) is 34.8 Å². The first-order valence-electron chi connectivity index (χ1n) is 8.35. The summed E-state index contributed by atoms with van der Waals surface area (Å²) in [6, 6.07) is 13.6. The number of carbonyl (C=O) groups excluding carboxylic acids is 1. The minimum atomic E-state index is -0.274. The van der Waals surface area contributed by atoms with Crippen LogP contribution in [0.4, 0.5) is 0 Å². The molecule has 0 saturated carbocycles. The van der Waals surface area contributed by atoms with Gasteiger partial charge in [0.25, 0.3) is 5.91 Å². The minimum absolute atomic E-state index is 0.195. The summed E-state index contributed by atoms with van der Waals surface area (Å²) in [6.45, 7) is 4.37. The van der Waals surface area contributed by atoms with E-state index in [-0.39, 0.29) is 17.6 Å². The number of benzene rings is 1. The van der Waals surface area contributed by atoms with E-state index in [1.165, 1.54) is 5.56 Å². The summed E-state index contributed by atoms with van der Waals surface area (Å²) in [5.41, 5.74) is 1.87. The van der Waals surface area contributed by atoms with E-state index in [2.05, 4.69) is 27.4 Å². The number of carbonyl (C=O) groups is 1. The Kier molecular flexibility index (Phi) is 5.26. The molecule has 7 nitrogen and oxygen atoms in total. The zero-order valence-electron chi connectivity index (χ0n) is 15.0. The summed E-state index contributed by atoms with van der Waals surface area (Å²) >= 11 is 0. The first-order chi connectivity index (χ1) is 12.6. The Balaban J connectivity index is 1.76. The van der Waals surface area contributed by atoms with Gasteiger partial charge in [-0.1, -0.05) is 37.3 Å². The van der Waals surface area contributed by atoms with Crippen LogP contribution in [0.15, 0.2) is 48.7 Å². The van der Waals surface area contributed by atoms with Gasteiger partial charge in [0.05, 0.1) is 19.0 Å². The summed E-state index contributed by atoms with van der Waals surface area (Å²) in [4.78, 5) is 16.8. The van der Waals surface area contributed by atoms with E-state index in [0.29, 0.717) is 23.9 Å². The van der Waals surface area contributed by atoms with Crippen LogP contribution in [-0.4, -0.2) is 39.3 Å². The van der Waals surface area contributed by atoms with Crippen molar-refractivity contribution in [3.63, 3.8) is 0 Å². The molecule has 2 heterocycles. The van der Waals surface area contributed by atoms with Gasteiger partial charge in [0.1, 0.15) is 5.82 Å². The number of ether oxygens (including phenoxy) is 1. The number of methoxy groups -OCH3 is 1. The van der Waals surface area contributed by atoms with Crippen LogP contribution in [0.2, 0.25) is 0 Å². The molecule has 0 aliphatic rings. The van der Waals surface area contributed by atoms with Crippen LogP contribution >= 0.6 is 0 Å². The van der Waals surface area contributed by atoms with Crippen molar-refractivity contribution in [2.45, 2.75) is 19.8 Å². The van der Waals surface area contributed by atoms with Crippen LogP contribution in [0.5, 0.6) is 5.88 Å². The Morgan fingerprint density at radius 2 is 1.96 bits per heavy atom. The van der Waals surface area contributed by atoms with E-state index < -0.39 is 0 Å². The van der Waals surface area contributed by atoms with Crippen molar-refractivity contribution < 1.29 is 9.53 Å². The van der Waals surface area contributed by atoms with E-state index >= 15 is 0 Å². The molecule has 1 amide bonds. The lowest BCUT2D eigenvalue weighted by atomic mass is 10.0. The molecule has 0 radical (unpaired) electrons. The number of amides is 1. The van der Waals surface area contributed by atoms with Crippen LogP contribution in [0.3, 0.4) is 0 Å². The van der Waals surface area contributed by atoms with Crippen molar-refractivity contribution >= 4 is 5.91 Å². The fourth-order valence-corrected chi connectivity index (χ4v) is 2.67. The maximum atomic E-state index is 12.6. The first-order valence-corrected chi connectivity index (χ1v) is 8.35.